The Bertz CT molecular complexity index is 349. The van der Waals surface area contributed by atoms with E-state index in [1.165, 1.54) is 0 Å². The van der Waals surface area contributed by atoms with E-state index in [0.717, 1.165) is 17.4 Å². The summed E-state index contributed by atoms with van der Waals surface area (Å²) in [6.45, 7) is 5.10. The van der Waals surface area contributed by atoms with Crippen molar-refractivity contribution in [3.05, 3.63) is 30.1 Å². The van der Waals surface area contributed by atoms with Crippen LogP contribution < -0.4 is 5.32 Å². The average Bonchev–Trinajstić information content (AvgIpc) is 2.27. The van der Waals surface area contributed by atoms with Crippen molar-refractivity contribution < 1.29 is 0 Å². The Morgan fingerprint density at radius 3 is 2.59 bits per heavy atom. The van der Waals surface area contributed by atoms with Crippen LogP contribution in [0.4, 0.5) is 0 Å². The number of pyridine rings is 1. The Labute approximate surface area is 109 Å². The van der Waals surface area contributed by atoms with Gasteiger partial charge in [-0.05, 0) is 32.1 Å². The minimum atomic E-state index is 0.186. The standard InChI is InChI=1S/C13H21N3S/c1-10(2)12(11-7-5-6-8-14-11)13(17)15-9-16(3)4/h5-8,10,12H,9H2,1-4H3,(H,15,17). The fourth-order valence-corrected chi connectivity index (χ4v) is 2.14. The maximum absolute atomic E-state index is 5.47. The van der Waals surface area contributed by atoms with Gasteiger partial charge in [0.15, 0.2) is 0 Å². The summed E-state index contributed by atoms with van der Waals surface area (Å²) in [6, 6.07) is 5.97. The Kier molecular flexibility index (Phi) is 5.51. The lowest BCUT2D eigenvalue weighted by Gasteiger charge is -2.23. The van der Waals surface area contributed by atoms with Gasteiger partial charge in [0, 0.05) is 6.20 Å². The van der Waals surface area contributed by atoms with Crippen LogP contribution in [0.1, 0.15) is 25.5 Å². The monoisotopic (exact) mass is 251 g/mol. The van der Waals surface area contributed by atoms with Gasteiger partial charge in [0.1, 0.15) is 0 Å². The summed E-state index contributed by atoms with van der Waals surface area (Å²) in [5, 5.41) is 3.28. The van der Waals surface area contributed by atoms with Crippen molar-refractivity contribution in [2.75, 3.05) is 20.8 Å². The van der Waals surface area contributed by atoms with Crippen molar-refractivity contribution in [2.45, 2.75) is 19.8 Å². The molecule has 4 heteroatoms. The molecule has 1 atom stereocenters. The molecule has 1 rings (SSSR count). The molecule has 0 radical (unpaired) electrons. The van der Waals surface area contributed by atoms with E-state index < -0.39 is 0 Å². The zero-order chi connectivity index (χ0) is 12.8. The van der Waals surface area contributed by atoms with E-state index >= 15 is 0 Å². The molecule has 0 aliphatic carbocycles. The Morgan fingerprint density at radius 1 is 1.41 bits per heavy atom. The maximum atomic E-state index is 5.47. The molecule has 0 amide bonds. The first-order chi connectivity index (χ1) is 8.02. The number of hydrogen-bond acceptors (Lipinski definition) is 3. The zero-order valence-electron chi connectivity index (χ0n) is 11.0. The molecule has 94 valence electrons. The Hall–Kier alpha value is -1.00. The van der Waals surface area contributed by atoms with Crippen LogP contribution in [0.25, 0.3) is 0 Å². The van der Waals surface area contributed by atoms with Crippen LogP contribution >= 0.6 is 12.2 Å². The second-order valence-corrected chi connectivity index (χ2v) is 5.19. The first-order valence-electron chi connectivity index (χ1n) is 5.85. The molecule has 1 heterocycles. The van der Waals surface area contributed by atoms with E-state index in [1.807, 2.05) is 38.5 Å². The van der Waals surface area contributed by atoms with E-state index in [-0.39, 0.29) is 5.92 Å². The highest BCUT2D eigenvalue weighted by atomic mass is 32.1. The zero-order valence-corrected chi connectivity index (χ0v) is 11.8. The minimum absolute atomic E-state index is 0.186. The minimum Gasteiger partial charge on any atom is -0.366 e. The summed E-state index contributed by atoms with van der Waals surface area (Å²) in [6.07, 6.45) is 1.82. The predicted octanol–water partition coefficient (Wildman–Crippen LogP) is 2.26. The molecule has 1 aromatic heterocycles. The van der Waals surface area contributed by atoms with Gasteiger partial charge in [-0.3, -0.25) is 9.88 Å². The normalized spacial score (nSPS) is 12.8. The summed E-state index contributed by atoms with van der Waals surface area (Å²) in [7, 11) is 4.03. The first-order valence-corrected chi connectivity index (χ1v) is 6.26. The molecule has 0 saturated heterocycles. The van der Waals surface area contributed by atoms with Crippen LogP contribution in [-0.4, -0.2) is 35.6 Å². The third-order valence-electron chi connectivity index (χ3n) is 2.53. The molecule has 0 saturated carbocycles. The van der Waals surface area contributed by atoms with Crippen molar-refractivity contribution in [3.63, 3.8) is 0 Å². The van der Waals surface area contributed by atoms with Gasteiger partial charge in [-0.15, -0.1) is 0 Å². The molecule has 0 aromatic carbocycles. The number of hydrogen-bond donors (Lipinski definition) is 1. The van der Waals surface area contributed by atoms with Gasteiger partial charge < -0.3 is 5.32 Å². The summed E-state index contributed by atoms with van der Waals surface area (Å²) in [5.41, 5.74) is 1.04. The van der Waals surface area contributed by atoms with E-state index in [2.05, 4.69) is 29.0 Å². The van der Waals surface area contributed by atoms with Gasteiger partial charge in [0.25, 0.3) is 0 Å². The van der Waals surface area contributed by atoms with Crippen molar-refractivity contribution in [2.24, 2.45) is 5.92 Å². The van der Waals surface area contributed by atoms with Gasteiger partial charge >= 0.3 is 0 Å². The first kappa shape index (κ1) is 14.1. The molecule has 1 aromatic rings. The van der Waals surface area contributed by atoms with E-state index in [1.54, 1.807) is 0 Å². The van der Waals surface area contributed by atoms with E-state index in [9.17, 15) is 0 Å². The smallest absolute Gasteiger partial charge is 0.0857 e. The molecule has 0 aliphatic rings. The highest BCUT2D eigenvalue weighted by molar-refractivity contribution is 7.80. The van der Waals surface area contributed by atoms with E-state index in [4.69, 9.17) is 12.2 Å². The number of thiocarbonyl (C=S) groups is 1. The number of nitrogens with one attached hydrogen (secondary N) is 1. The number of nitrogens with zero attached hydrogens (tertiary/aromatic N) is 2. The summed E-state index contributed by atoms with van der Waals surface area (Å²) < 4.78 is 0. The number of aromatic nitrogens is 1. The largest absolute Gasteiger partial charge is 0.366 e. The quantitative estimate of drug-likeness (QED) is 0.642. The molecule has 3 nitrogen and oxygen atoms in total. The van der Waals surface area contributed by atoms with Gasteiger partial charge in [-0.2, -0.15) is 0 Å². The van der Waals surface area contributed by atoms with Crippen LogP contribution in [-0.2, 0) is 0 Å². The fourth-order valence-electron chi connectivity index (χ4n) is 1.68. The lowest BCUT2D eigenvalue weighted by molar-refractivity contribution is 0.397. The number of rotatable bonds is 5. The lowest BCUT2D eigenvalue weighted by Crippen LogP contribution is -2.36. The van der Waals surface area contributed by atoms with E-state index in [0.29, 0.717) is 5.92 Å². The molecular weight excluding hydrogens is 230 g/mol. The van der Waals surface area contributed by atoms with Gasteiger partial charge in [-0.25, -0.2) is 0 Å². The third kappa shape index (κ3) is 4.40. The second kappa shape index (κ2) is 6.67. The summed E-state index contributed by atoms with van der Waals surface area (Å²) in [4.78, 5) is 7.33. The molecule has 0 aliphatic heterocycles. The van der Waals surface area contributed by atoms with Gasteiger partial charge in [-0.1, -0.05) is 32.1 Å². The SMILES string of the molecule is CC(C)C(C(=S)NCN(C)C)c1ccccn1. The van der Waals surface area contributed by atoms with Crippen molar-refractivity contribution >= 4 is 17.2 Å². The highest BCUT2D eigenvalue weighted by Gasteiger charge is 2.21. The molecule has 0 bridgehead atoms. The molecule has 0 spiro atoms. The average molecular weight is 251 g/mol. The van der Waals surface area contributed by atoms with Gasteiger partial charge in [0.05, 0.1) is 23.3 Å². The highest BCUT2D eigenvalue weighted by Crippen LogP contribution is 2.23. The van der Waals surface area contributed by atoms with Crippen LogP contribution in [0.3, 0.4) is 0 Å². The summed E-state index contributed by atoms with van der Waals surface area (Å²) in [5.74, 6) is 0.623. The van der Waals surface area contributed by atoms with Gasteiger partial charge in [0.2, 0.25) is 0 Å². The van der Waals surface area contributed by atoms with Crippen molar-refractivity contribution in [1.82, 2.24) is 15.2 Å². The topological polar surface area (TPSA) is 28.2 Å². The predicted molar refractivity (Wildman–Crippen MR) is 76.1 cm³/mol. The van der Waals surface area contributed by atoms with Crippen molar-refractivity contribution in [3.8, 4) is 0 Å². The molecular formula is C13H21N3S. The summed E-state index contributed by atoms with van der Waals surface area (Å²) >= 11 is 5.47. The Morgan fingerprint density at radius 2 is 2.12 bits per heavy atom. The van der Waals surface area contributed by atoms with Crippen LogP contribution in [0.2, 0.25) is 0 Å². The molecule has 1 unspecified atom stereocenters. The fraction of sp³-hybridized carbons (Fsp3) is 0.538. The van der Waals surface area contributed by atoms with Crippen LogP contribution in [0, 0.1) is 5.92 Å². The van der Waals surface area contributed by atoms with Crippen LogP contribution in [0.5, 0.6) is 0 Å². The Balaban J connectivity index is 2.76. The second-order valence-electron chi connectivity index (χ2n) is 4.76. The van der Waals surface area contributed by atoms with Crippen LogP contribution in [0.15, 0.2) is 24.4 Å². The lowest BCUT2D eigenvalue weighted by atomic mass is 9.92. The third-order valence-corrected chi connectivity index (χ3v) is 2.92. The molecule has 1 N–H and O–H groups in total. The van der Waals surface area contributed by atoms with Crippen molar-refractivity contribution in [1.29, 1.82) is 0 Å². The molecule has 17 heavy (non-hydrogen) atoms. The maximum Gasteiger partial charge on any atom is 0.0857 e. The molecule has 0 fully saturated rings.